The summed E-state index contributed by atoms with van der Waals surface area (Å²) in [6.07, 6.45) is 2.64. The first kappa shape index (κ1) is 55.9. The lowest BCUT2D eigenvalue weighted by Gasteiger charge is -2.30. The molecule has 4 atom stereocenters. The summed E-state index contributed by atoms with van der Waals surface area (Å²) < 4.78 is 20.4. The number of aromatic nitrogens is 4. The molecular weight excluding hydrogens is 919 g/mol. The van der Waals surface area contributed by atoms with Crippen molar-refractivity contribution in [2.45, 2.75) is 77.9 Å². The molecule has 362 valence electrons. The lowest BCUT2D eigenvalue weighted by atomic mass is 9.90. The quantitative estimate of drug-likeness (QED) is 0.0615. The molecule has 2 fully saturated rings. The minimum Gasteiger partial charge on any atom is -0.463 e. The number of hydrogen-bond acceptors (Lipinski definition) is 10. The Bertz CT molecular complexity index is 2210. The van der Waals surface area contributed by atoms with Crippen LogP contribution in [0, 0.1) is 17.8 Å². The fourth-order valence-electron chi connectivity index (χ4n) is 8.60. The van der Waals surface area contributed by atoms with Crippen LogP contribution in [0.15, 0.2) is 60.7 Å². The highest BCUT2D eigenvalue weighted by Gasteiger charge is 2.39. The molecule has 0 bridgehead atoms. The van der Waals surface area contributed by atoms with Gasteiger partial charge in [0.25, 0.3) is 0 Å². The monoisotopic (exact) mass is 985 g/mol. The Balaban J connectivity index is 0.00000289. The first-order valence-corrected chi connectivity index (χ1v) is 21.7. The van der Waals surface area contributed by atoms with Gasteiger partial charge in [0, 0.05) is 27.3 Å². The third-order valence-electron chi connectivity index (χ3n) is 12.0. The molecule has 0 spiro atoms. The second-order valence-corrected chi connectivity index (χ2v) is 16.9. The van der Waals surface area contributed by atoms with Crippen LogP contribution in [-0.2, 0) is 33.3 Å². The maximum absolute atomic E-state index is 13.9. The number of H-pyrrole nitrogens is 2. The Morgan fingerprint density at radius 3 is 1.55 bits per heavy atom. The number of fused-ring (bicyclic) bond motifs is 2. The largest absolute Gasteiger partial charge is 0.463 e. The number of amides is 3. The molecule has 3 N–H and O–H groups in total. The standard InChI is InChI=1S/C47H59N7O8.4H2S/c1-28(2)34(27-41(55)61-23-21-59-5)45(56)53-19-7-9-39(53)43-48-35-17-15-32(25-37(35)50-43)30-11-13-31(14-12-30)33-16-18-36-38(26-33)51-44(49-36)40-10-8-20-54(40)46(57)42(29(3)4)52-47(58)62-24-22-60-6;;;;/h11-18,25-26,28-29,34,39-40,42H,7-10,19-24,27H2,1-6H3,(H,48,50)(H,49,51)(H,52,58);4*1H2/t34-,39-,40-,42-;;;;/m0..../s1. The van der Waals surface area contributed by atoms with E-state index >= 15 is 0 Å². The summed E-state index contributed by atoms with van der Waals surface area (Å²) in [5, 5.41) is 2.76. The third kappa shape index (κ3) is 13.0. The molecule has 0 saturated carbocycles. The van der Waals surface area contributed by atoms with E-state index in [1.54, 1.807) is 7.11 Å². The van der Waals surface area contributed by atoms with E-state index in [2.05, 4.69) is 63.8 Å². The van der Waals surface area contributed by atoms with Crippen LogP contribution < -0.4 is 5.32 Å². The molecule has 2 aliphatic heterocycles. The molecule has 0 unspecified atom stereocenters. The minimum atomic E-state index is -0.732. The molecule has 7 rings (SSSR count). The number of likely N-dealkylation sites (tertiary alicyclic amines) is 2. The van der Waals surface area contributed by atoms with Crippen LogP contribution in [0.25, 0.3) is 44.3 Å². The van der Waals surface area contributed by atoms with E-state index < -0.39 is 24.0 Å². The number of nitrogens with one attached hydrogen (secondary N) is 3. The lowest BCUT2D eigenvalue weighted by molar-refractivity contribution is -0.151. The van der Waals surface area contributed by atoms with Crippen LogP contribution in [0.2, 0.25) is 0 Å². The Morgan fingerprint density at radius 2 is 1.09 bits per heavy atom. The highest BCUT2D eigenvalue weighted by atomic mass is 32.1. The van der Waals surface area contributed by atoms with Crippen molar-refractivity contribution in [1.29, 1.82) is 0 Å². The van der Waals surface area contributed by atoms with Gasteiger partial charge in [0.1, 0.15) is 30.9 Å². The van der Waals surface area contributed by atoms with E-state index in [0.29, 0.717) is 19.7 Å². The van der Waals surface area contributed by atoms with Gasteiger partial charge >= 0.3 is 12.1 Å². The number of alkyl carbamates (subject to hydrolysis) is 1. The second kappa shape index (κ2) is 25.7. The topological polar surface area (TPSA) is 181 Å². The number of aromatic amines is 2. The molecule has 2 saturated heterocycles. The molecular formula is C47H67N7O8S4. The number of ether oxygens (including phenoxy) is 4. The van der Waals surface area contributed by atoms with E-state index in [1.807, 2.05) is 49.6 Å². The molecule has 3 aromatic carbocycles. The van der Waals surface area contributed by atoms with Gasteiger partial charge in [-0.2, -0.15) is 54.0 Å². The van der Waals surface area contributed by atoms with Crippen molar-refractivity contribution < 1.29 is 38.1 Å². The predicted octanol–water partition coefficient (Wildman–Crippen LogP) is 7.80. The number of nitrogens with zero attached hydrogens (tertiary/aromatic N) is 4. The number of esters is 1. The van der Waals surface area contributed by atoms with Crippen molar-refractivity contribution in [3.63, 3.8) is 0 Å². The minimum absolute atomic E-state index is 0. The van der Waals surface area contributed by atoms with Gasteiger partial charge in [-0.1, -0.05) is 64.1 Å². The van der Waals surface area contributed by atoms with Gasteiger partial charge in [-0.3, -0.25) is 14.4 Å². The van der Waals surface area contributed by atoms with Crippen molar-refractivity contribution >= 4 is 99.9 Å². The molecule has 4 heterocycles. The van der Waals surface area contributed by atoms with Crippen LogP contribution in [-0.4, -0.2) is 113 Å². The third-order valence-corrected chi connectivity index (χ3v) is 12.0. The number of methoxy groups -OCH3 is 2. The Labute approximate surface area is 415 Å². The van der Waals surface area contributed by atoms with Crippen LogP contribution in [0.4, 0.5) is 4.79 Å². The number of carbonyl (C=O) groups is 4. The maximum Gasteiger partial charge on any atom is 0.407 e. The normalized spacial score (nSPS) is 16.5. The van der Waals surface area contributed by atoms with Gasteiger partial charge in [-0.05, 0) is 84.0 Å². The van der Waals surface area contributed by atoms with Gasteiger partial charge in [-0.15, -0.1) is 0 Å². The van der Waals surface area contributed by atoms with Crippen molar-refractivity contribution in [2.24, 2.45) is 17.8 Å². The number of benzene rings is 3. The molecule has 15 nitrogen and oxygen atoms in total. The second-order valence-electron chi connectivity index (χ2n) is 16.9. The van der Waals surface area contributed by atoms with E-state index in [1.165, 1.54) is 7.11 Å². The average molecular weight is 986 g/mol. The fraction of sp³-hybridized carbons (Fsp3) is 0.489. The van der Waals surface area contributed by atoms with Crippen molar-refractivity contribution in [1.82, 2.24) is 35.1 Å². The van der Waals surface area contributed by atoms with Crippen molar-refractivity contribution in [3.05, 3.63) is 72.3 Å². The molecule has 0 aliphatic carbocycles. The molecule has 5 aromatic rings. The van der Waals surface area contributed by atoms with E-state index in [4.69, 9.17) is 28.9 Å². The SMILES string of the molecule is COCCOC(=O)C[C@H](C(=O)N1CCC[C@H]1c1nc2ccc(-c3ccc(-c4ccc5nc([C@@H]6CCCN6C(=O)[C@@H](NC(=O)OCCOC)C(C)C)[nH]c5c4)cc3)cc2[nH]1)C(C)C.S.S.S.S. The Morgan fingerprint density at radius 1 is 0.636 bits per heavy atom. The van der Waals surface area contributed by atoms with Gasteiger partial charge in [-0.25, -0.2) is 14.8 Å². The molecule has 2 aliphatic rings. The molecule has 66 heavy (non-hydrogen) atoms. The van der Waals surface area contributed by atoms with E-state index in [0.717, 1.165) is 81.7 Å². The van der Waals surface area contributed by atoms with Crippen LogP contribution in [0.5, 0.6) is 0 Å². The summed E-state index contributed by atoms with van der Waals surface area (Å²) in [4.78, 5) is 73.3. The summed E-state index contributed by atoms with van der Waals surface area (Å²) in [6.45, 7) is 9.79. The predicted molar refractivity (Wildman–Crippen MR) is 276 cm³/mol. The molecule has 0 radical (unpaired) electrons. The molecule has 3 amide bonds. The van der Waals surface area contributed by atoms with Gasteiger partial charge < -0.3 is 44.0 Å². The van der Waals surface area contributed by atoms with Gasteiger partial charge in [0.2, 0.25) is 11.8 Å². The Hall–Kier alpha value is -4.40. The number of imidazole rings is 2. The smallest absolute Gasteiger partial charge is 0.407 e. The zero-order valence-electron chi connectivity index (χ0n) is 38.6. The van der Waals surface area contributed by atoms with E-state index in [-0.39, 0.29) is 116 Å². The Kier molecular flexibility index (Phi) is 21.7. The highest BCUT2D eigenvalue weighted by molar-refractivity contribution is 7.59. The molecule has 2 aromatic heterocycles. The van der Waals surface area contributed by atoms with Crippen molar-refractivity contribution in [3.8, 4) is 22.3 Å². The summed E-state index contributed by atoms with van der Waals surface area (Å²) >= 11 is 0. The molecule has 19 heteroatoms. The zero-order chi connectivity index (χ0) is 43.9. The fourth-order valence-corrected chi connectivity index (χ4v) is 8.60. The van der Waals surface area contributed by atoms with Gasteiger partial charge in [0.15, 0.2) is 0 Å². The maximum atomic E-state index is 13.9. The van der Waals surface area contributed by atoms with Crippen molar-refractivity contribution in [2.75, 3.05) is 53.7 Å². The highest BCUT2D eigenvalue weighted by Crippen LogP contribution is 2.37. The summed E-state index contributed by atoms with van der Waals surface area (Å²) in [5.74, 6) is 0.228. The van der Waals surface area contributed by atoms with Crippen LogP contribution >= 0.6 is 54.0 Å². The lowest BCUT2D eigenvalue weighted by Crippen LogP contribution is -2.51. The van der Waals surface area contributed by atoms with Crippen LogP contribution in [0.1, 0.15) is 83.5 Å². The number of rotatable bonds is 17. The zero-order valence-corrected chi connectivity index (χ0v) is 42.6. The number of hydrogen-bond donors (Lipinski definition) is 3. The first-order valence-electron chi connectivity index (χ1n) is 21.7. The summed E-state index contributed by atoms with van der Waals surface area (Å²) in [7, 11) is 3.08. The van der Waals surface area contributed by atoms with Gasteiger partial charge in [0.05, 0.1) is 59.7 Å². The number of carbonyl (C=O) groups excluding carboxylic acids is 4. The van der Waals surface area contributed by atoms with E-state index in [9.17, 15) is 19.2 Å². The average Bonchev–Trinajstić information content (AvgIpc) is 4.10. The first-order chi connectivity index (χ1) is 29.9. The summed E-state index contributed by atoms with van der Waals surface area (Å²) in [5.41, 5.74) is 7.58. The van der Waals surface area contributed by atoms with Crippen LogP contribution in [0.3, 0.4) is 0 Å². The summed E-state index contributed by atoms with van der Waals surface area (Å²) in [6, 6.07) is 19.6.